The highest BCUT2D eigenvalue weighted by Crippen LogP contribution is 2.46. The lowest BCUT2D eigenvalue weighted by Crippen LogP contribution is -2.65. The highest BCUT2D eigenvalue weighted by Gasteiger charge is 2.46. The lowest BCUT2D eigenvalue weighted by atomic mass is 9.78. The number of amides is 1. The van der Waals surface area contributed by atoms with E-state index in [2.05, 4.69) is 57.0 Å². The molecular formula is C53H62N3O21S6Si+. The molecular weight excluding hydrogens is 1240 g/mol. The molecule has 0 fully saturated rings. The zero-order valence-electron chi connectivity index (χ0n) is 46.6. The maximum absolute atomic E-state index is 14.7. The van der Waals surface area contributed by atoms with E-state index in [9.17, 15) is 53.6 Å². The summed E-state index contributed by atoms with van der Waals surface area (Å²) in [5.41, 5.74) is 4.35. The highest BCUT2D eigenvalue weighted by atomic mass is 32.2. The Morgan fingerprint density at radius 3 is 1.74 bits per heavy atom. The van der Waals surface area contributed by atoms with Gasteiger partial charge in [0, 0.05) is 72.9 Å². The molecule has 84 heavy (non-hydrogen) atoms. The molecule has 31 heteroatoms. The SMILES string of the molecule is CC1CC(C)(C)N(Cc2ccccc2S(=O)(=O)O)c2cc3c(cc21)C(c1ccccc1C(=O)N(C)CCCC(=O)O)=c1cc2c(cc1[Si]3(C)C)=[N+](Cc1ccccc1S(=O)(=O)O)C(C)(C)CC2CS(=O)(=O)O.O=S(=O)=O.O=S(=O)=O.O=S(=O)=O. The van der Waals surface area contributed by atoms with Gasteiger partial charge in [-0.25, -0.2) is 4.58 Å². The number of nitrogens with zero attached hydrogens (tertiary/aromatic N) is 3. The van der Waals surface area contributed by atoms with Crippen LogP contribution in [0.15, 0.2) is 107 Å². The first kappa shape index (κ1) is 68.1. The minimum atomic E-state index is -4.66. The molecule has 3 heterocycles. The fraction of sp³-hybridized carbons (Fsp3) is 0.377. The van der Waals surface area contributed by atoms with Crippen LogP contribution in [0.5, 0.6) is 0 Å². The van der Waals surface area contributed by atoms with Crippen LogP contribution in [0.3, 0.4) is 0 Å². The Bertz CT molecular complexity index is 4230. The minimum absolute atomic E-state index is 0.00844. The summed E-state index contributed by atoms with van der Waals surface area (Å²) in [5.74, 6) is -2.66. The molecule has 0 aliphatic carbocycles. The van der Waals surface area contributed by atoms with E-state index in [1.165, 1.54) is 23.1 Å². The van der Waals surface area contributed by atoms with Gasteiger partial charge in [-0.2, -0.15) is 25.3 Å². The molecule has 2 unspecified atom stereocenters. The molecule has 0 bridgehead atoms. The van der Waals surface area contributed by atoms with Crippen molar-refractivity contribution in [1.29, 1.82) is 0 Å². The van der Waals surface area contributed by atoms with Gasteiger partial charge in [-0.1, -0.05) is 74.6 Å². The molecule has 0 saturated carbocycles. The molecule has 0 radical (unpaired) electrons. The van der Waals surface area contributed by atoms with Crippen molar-refractivity contribution in [2.45, 2.75) is 119 Å². The second kappa shape index (κ2) is 26.3. The molecule has 5 aromatic rings. The van der Waals surface area contributed by atoms with Crippen LogP contribution >= 0.6 is 0 Å². The van der Waals surface area contributed by atoms with E-state index in [0.29, 0.717) is 45.2 Å². The van der Waals surface area contributed by atoms with Crippen molar-refractivity contribution < 1.29 is 91.5 Å². The number of benzene rings is 5. The number of carbonyl (C=O) groups is 2. The van der Waals surface area contributed by atoms with E-state index in [-0.39, 0.29) is 60.5 Å². The number of anilines is 1. The molecule has 454 valence electrons. The van der Waals surface area contributed by atoms with Crippen LogP contribution in [0.2, 0.25) is 13.1 Å². The zero-order valence-corrected chi connectivity index (χ0v) is 52.5. The van der Waals surface area contributed by atoms with Crippen molar-refractivity contribution in [2.24, 2.45) is 0 Å². The summed E-state index contributed by atoms with van der Waals surface area (Å²) < 4.78 is 186. The number of carboxylic acid groups (broad SMARTS) is 1. The van der Waals surface area contributed by atoms with E-state index >= 15 is 0 Å². The predicted molar refractivity (Wildman–Crippen MR) is 308 cm³/mol. The Hall–Kier alpha value is -6.68. The van der Waals surface area contributed by atoms with Gasteiger partial charge in [0.1, 0.15) is 13.0 Å². The molecule has 3 aliphatic rings. The fourth-order valence-corrected chi connectivity index (χ4v) is 16.9. The maximum Gasteiger partial charge on any atom is 0.425 e. The molecule has 1 amide bonds. The van der Waals surface area contributed by atoms with Crippen molar-refractivity contribution in [1.82, 2.24) is 9.48 Å². The van der Waals surface area contributed by atoms with Crippen LogP contribution in [-0.2, 0) is 80.1 Å². The molecule has 8 rings (SSSR count). The Kier molecular flexibility index (Phi) is 21.3. The van der Waals surface area contributed by atoms with Crippen LogP contribution in [0.1, 0.15) is 116 Å². The van der Waals surface area contributed by atoms with E-state index < -0.39 is 99.0 Å². The van der Waals surface area contributed by atoms with Gasteiger partial charge in [-0.15, -0.1) is 37.9 Å². The summed E-state index contributed by atoms with van der Waals surface area (Å²) in [6.45, 7) is 15.0. The quantitative estimate of drug-likeness (QED) is 0.0705. The van der Waals surface area contributed by atoms with Gasteiger partial charge in [0.05, 0.1) is 10.6 Å². The first-order valence-electron chi connectivity index (χ1n) is 25.3. The fourth-order valence-electron chi connectivity index (χ4n) is 11.6. The molecule has 4 N–H and O–H groups in total. The Balaban J connectivity index is 0.000000982. The number of hydrogen-bond acceptors (Lipinski definition) is 18. The lowest BCUT2D eigenvalue weighted by molar-refractivity contribution is -0.137. The van der Waals surface area contributed by atoms with Crippen LogP contribution in [0, 0.1) is 0 Å². The van der Waals surface area contributed by atoms with Gasteiger partial charge in [-0.05, 0) is 126 Å². The Morgan fingerprint density at radius 2 is 1.20 bits per heavy atom. The largest absolute Gasteiger partial charge is 0.481 e. The standard InChI is InChI=1S/C53H61N3O12S3Si.3O3S/c1-33-28-52(2,3)55(30-34-16-9-13-20-45(34)70(63,64)65)43-26-47-41(24-39(33)43)50(37-18-11-12-19-38(37)51(59)54(6)23-15-22-49(57)58)42-25-40-36(32-69(60,61)62)29-53(4,5)56(44(40)27-48(42)72(47,7)8)31-35-17-10-14-21-46(35)71(66,67)68;3*1-4(2)3/h9-14,16-21,24-27,33,36H,15,22-23,28-32H2,1-8H3,(H3-,57,58,60,61,62,63,64,65,66,67,68);;;/p+1. The summed E-state index contributed by atoms with van der Waals surface area (Å²) in [6, 6.07) is 28.2. The highest BCUT2D eigenvalue weighted by molar-refractivity contribution is 7.86. The number of carbonyl (C=O) groups excluding carboxylic acids is 1. The van der Waals surface area contributed by atoms with Gasteiger partial charge in [0.25, 0.3) is 36.3 Å². The van der Waals surface area contributed by atoms with Crippen LogP contribution in [-0.4, -0.2) is 137 Å². The van der Waals surface area contributed by atoms with Crippen LogP contribution < -0.4 is 30.4 Å². The van der Waals surface area contributed by atoms with E-state index in [1.807, 2.05) is 36.6 Å². The predicted octanol–water partition coefficient (Wildman–Crippen LogP) is 2.63. The molecule has 0 spiro atoms. The first-order valence-corrected chi connectivity index (χ1v) is 35.8. The molecule has 24 nitrogen and oxygen atoms in total. The number of carboxylic acids is 1. The molecule has 0 saturated heterocycles. The lowest BCUT2D eigenvalue weighted by Gasteiger charge is -2.49. The van der Waals surface area contributed by atoms with E-state index in [4.69, 9.17) is 37.9 Å². The van der Waals surface area contributed by atoms with Gasteiger partial charge in [-0.3, -0.25) is 23.2 Å². The summed E-state index contributed by atoms with van der Waals surface area (Å²) in [6.07, 6.45) is 1.01. The first-order chi connectivity index (χ1) is 38.6. The van der Waals surface area contributed by atoms with Crippen LogP contribution in [0.4, 0.5) is 5.69 Å². The molecule has 2 atom stereocenters. The van der Waals surface area contributed by atoms with E-state index in [1.54, 1.807) is 49.5 Å². The van der Waals surface area contributed by atoms with Gasteiger partial charge < -0.3 is 14.9 Å². The smallest absolute Gasteiger partial charge is 0.425 e. The third-order valence-electron chi connectivity index (χ3n) is 15.0. The normalized spacial score (nSPS) is 17.1. The Morgan fingerprint density at radius 1 is 0.690 bits per heavy atom. The topological polar surface area (TPSA) is 381 Å². The monoisotopic (exact) mass is 1300 g/mol. The van der Waals surface area contributed by atoms with Crippen molar-refractivity contribution in [3.05, 3.63) is 147 Å². The molecule has 0 aromatic heterocycles. The van der Waals surface area contributed by atoms with Crippen molar-refractivity contribution >= 4 is 104 Å². The molecule has 3 aliphatic heterocycles. The summed E-state index contributed by atoms with van der Waals surface area (Å²) in [5, 5.41) is 12.7. The second-order valence-electron chi connectivity index (χ2n) is 22.0. The van der Waals surface area contributed by atoms with Crippen molar-refractivity contribution in [2.75, 3.05) is 24.2 Å². The number of aliphatic carboxylic acids is 1. The summed E-state index contributed by atoms with van der Waals surface area (Å²) in [7, 11) is -24.5. The van der Waals surface area contributed by atoms with Crippen molar-refractivity contribution in [3.8, 4) is 0 Å². The van der Waals surface area contributed by atoms with Gasteiger partial charge in [0.2, 0.25) is 5.36 Å². The van der Waals surface area contributed by atoms with Gasteiger partial charge in [0.15, 0.2) is 12.1 Å². The van der Waals surface area contributed by atoms with E-state index in [0.717, 1.165) is 32.4 Å². The average molecular weight is 1300 g/mol. The minimum Gasteiger partial charge on any atom is -0.481 e. The molecule has 5 aromatic carbocycles. The third-order valence-corrected chi connectivity index (χ3v) is 21.3. The van der Waals surface area contributed by atoms with Crippen LogP contribution in [0.25, 0.3) is 5.57 Å². The third kappa shape index (κ3) is 16.4. The maximum atomic E-state index is 14.7. The second-order valence-corrected chi connectivity index (χ2v) is 31.8. The number of fused-ring (bicyclic) bond motifs is 4. The number of rotatable bonds is 14. The zero-order chi connectivity index (χ0) is 63.4. The average Bonchev–Trinajstić information content (AvgIpc) is 1.24. The summed E-state index contributed by atoms with van der Waals surface area (Å²) in [4.78, 5) is 29.4. The number of hydrogen-bond donors (Lipinski definition) is 4. The van der Waals surface area contributed by atoms with Gasteiger partial charge >= 0.3 is 37.8 Å². The van der Waals surface area contributed by atoms with Crippen molar-refractivity contribution in [3.63, 3.8) is 0 Å². The Labute approximate surface area is 491 Å². The summed E-state index contributed by atoms with van der Waals surface area (Å²) >= 11 is 0.